The molecule has 0 aliphatic carbocycles. The first-order chi connectivity index (χ1) is 13.2. The normalized spacial score (nSPS) is 10.8. The molecule has 28 heavy (non-hydrogen) atoms. The van der Waals surface area contributed by atoms with Gasteiger partial charge in [-0.25, -0.2) is 4.39 Å². The van der Waals surface area contributed by atoms with E-state index in [1.54, 1.807) is 26.3 Å². The molecular weight excluding hydrogens is 472 g/mol. The molecule has 0 bridgehead atoms. The van der Waals surface area contributed by atoms with Crippen molar-refractivity contribution in [1.82, 2.24) is 10.6 Å². The van der Waals surface area contributed by atoms with Crippen molar-refractivity contribution in [2.45, 2.75) is 19.3 Å². The molecule has 0 saturated carbocycles. The van der Waals surface area contributed by atoms with Gasteiger partial charge in [-0.2, -0.15) is 0 Å². The molecule has 0 saturated heterocycles. The molecule has 2 aromatic rings. The van der Waals surface area contributed by atoms with E-state index in [2.05, 4.69) is 21.7 Å². The second-order valence-electron chi connectivity index (χ2n) is 6.00. The van der Waals surface area contributed by atoms with Crippen LogP contribution in [0.25, 0.3) is 0 Å². The number of para-hydroxylation sites is 1. The molecule has 0 amide bonds. The van der Waals surface area contributed by atoms with Crippen molar-refractivity contribution in [2.75, 3.05) is 33.9 Å². The molecule has 2 aromatic carbocycles. The average molecular weight is 501 g/mol. The van der Waals surface area contributed by atoms with Gasteiger partial charge >= 0.3 is 0 Å². The van der Waals surface area contributed by atoms with Crippen LogP contribution in [0.2, 0.25) is 0 Å². The van der Waals surface area contributed by atoms with Crippen molar-refractivity contribution in [2.24, 2.45) is 4.99 Å². The minimum atomic E-state index is -0.254. The lowest BCUT2D eigenvalue weighted by Crippen LogP contribution is -2.38. The maximum absolute atomic E-state index is 12.8. The third-order valence-electron chi connectivity index (χ3n) is 4.05. The molecule has 0 aromatic heterocycles. The van der Waals surface area contributed by atoms with Gasteiger partial charge in [0.15, 0.2) is 5.96 Å². The van der Waals surface area contributed by atoms with Gasteiger partial charge in [0.05, 0.1) is 13.7 Å². The number of unbranched alkanes of at least 4 members (excludes halogenated alkanes) is 1. The highest BCUT2D eigenvalue weighted by Crippen LogP contribution is 2.17. The van der Waals surface area contributed by atoms with Gasteiger partial charge in [0.25, 0.3) is 0 Å². The maximum Gasteiger partial charge on any atom is 0.190 e. The van der Waals surface area contributed by atoms with Crippen LogP contribution in [0, 0.1) is 5.82 Å². The first-order valence-corrected chi connectivity index (χ1v) is 9.17. The van der Waals surface area contributed by atoms with Crippen LogP contribution in [-0.4, -0.2) is 39.8 Å². The molecule has 0 unspecified atom stereocenters. The summed E-state index contributed by atoms with van der Waals surface area (Å²) in [5, 5.41) is 6.60. The van der Waals surface area contributed by atoms with Crippen molar-refractivity contribution in [3.63, 3.8) is 0 Å². The predicted octanol–water partition coefficient (Wildman–Crippen LogP) is 4.02. The Labute approximate surface area is 183 Å². The van der Waals surface area contributed by atoms with Gasteiger partial charge in [-0.1, -0.05) is 18.2 Å². The van der Waals surface area contributed by atoms with Crippen LogP contribution in [0.3, 0.4) is 0 Å². The van der Waals surface area contributed by atoms with Crippen molar-refractivity contribution >= 4 is 29.9 Å². The van der Waals surface area contributed by atoms with E-state index in [4.69, 9.17) is 9.47 Å². The van der Waals surface area contributed by atoms with Gasteiger partial charge in [-0.15, -0.1) is 24.0 Å². The number of aliphatic imine (C=N–C) groups is 1. The van der Waals surface area contributed by atoms with Crippen LogP contribution < -0.4 is 20.1 Å². The number of hydrogen-bond donors (Lipinski definition) is 2. The number of hydrogen-bond acceptors (Lipinski definition) is 3. The van der Waals surface area contributed by atoms with Crippen LogP contribution in [0.4, 0.5) is 4.39 Å². The lowest BCUT2D eigenvalue weighted by Gasteiger charge is -2.13. The quantitative estimate of drug-likeness (QED) is 0.224. The molecule has 2 N–H and O–H groups in total. The van der Waals surface area contributed by atoms with Crippen molar-refractivity contribution < 1.29 is 13.9 Å². The molecular formula is C21H29FIN3O2. The van der Waals surface area contributed by atoms with Gasteiger partial charge in [0, 0.05) is 20.1 Å². The van der Waals surface area contributed by atoms with Gasteiger partial charge in [-0.3, -0.25) is 4.99 Å². The first-order valence-electron chi connectivity index (χ1n) is 9.17. The summed E-state index contributed by atoms with van der Waals surface area (Å²) in [6, 6.07) is 14.1. The fourth-order valence-corrected chi connectivity index (χ4v) is 2.60. The van der Waals surface area contributed by atoms with Crippen molar-refractivity contribution in [1.29, 1.82) is 0 Å². The summed E-state index contributed by atoms with van der Waals surface area (Å²) >= 11 is 0. The molecule has 7 heteroatoms. The molecule has 0 atom stereocenters. The molecule has 5 nitrogen and oxygen atoms in total. The third-order valence-corrected chi connectivity index (χ3v) is 4.05. The Bertz CT molecular complexity index is 711. The van der Waals surface area contributed by atoms with E-state index in [-0.39, 0.29) is 29.8 Å². The van der Waals surface area contributed by atoms with E-state index in [1.165, 1.54) is 17.7 Å². The zero-order valence-corrected chi connectivity index (χ0v) is 18.7. The zero-order chi connectivity index (χ0) is 19.3. The van der Waals surface area contributed by atoms with Gasteiger partial charge in [0.2, 0.25) is 0 Å². The number of methoxy groups -OCH3 is 1. The molecule has 0 aliphatic heterocycles. The Morgan fingerprint density at radius 3 is 2.43 bits per heavy atom. The monoisotopic (exact) mass is 501 g/mol. The molecule has 0 aliphatic rings. The van der Waals surface area contributed by atoms with Crippen molar-refractivity contribution in [3.8, 4) is 11.5 Å². The minimum Gasteiger partial charge on any atom is -0.496 e. The zero-order valence-electron chi connectivity index (χ0n) is 16.4. The highest BCUT2D eigenvalue weighted by molar-refractivity contribution is 14.0. The minimum absolute atomic E-state index is 0. The fourth-order valence-electron chi connectivity index (χ4n) is 2.60. The molecule has 0 spiro atoms. The fraction of sp³-hybridized carbons (Fsp3) is 0.381. The van der Waals surface area contributed by atoms with Crippen LogP contribution in [-0.2, 0) is 6.42 Å². The van der Waals surface area contributed by atoms with Crippen molar-refractivity contribution in [3.05, 3.63) is 59.9 Å². The summed E-state index contributed by atoms with van der Waals surface area (Å²) in [5.41, 5.74) is 1.17. The second-order valence-corrected chi connectivity index (χ2v) is 6.00. The van der Waals surface area contributed by atoms with Crippen LogP contribution >= 0.6 is 24.0 Å². The molecule has 0 fully saturated rings. The number of guanidine groups is 1. The van der Waals surface area contributed by atoms with E-state index >= 15 is 0 Å². The second kappa shape index (κ2) is 14.0. The van der Waals surface area contributed by atoms with E-state index in [1.807, 2.05) is 18.2 Å². The SMILES string of the molecule is CN=C(NCCCCOc1ccc(F)cc1)NCCc1ccccc1OC.I. The Hall–Kier alpha value is -2.03. The highest BCUT2D eigenvalue weighted by Gasteiger charge is 2.02. The maximum atomic E-state index is 12.8. The van der Waals surface area contributed by atoms with Crippen LogP contribution in [0.5, 0.6) is 11.5 Å². The number of nitrogens with one attached hydrogen (secondary N) is 2. The molecule has 2 rings (SSSR count). The topological polar surface area (TPSA) is 54.9 Å². The van der Waals surface area contributed by atoms with E-state index in [0.29, 0.717) is 12.4 Å². The highest BCUT2D eigenvalue weighted by atomic mass is 127. The number of benzene rings is 2. The Morgan fingerprint density at radius 1 is 1.00 bits per heavy atom. The van der Waals surface area contributed by atoms with Gasteiger partial charge < -0.3 is 20.1 Å². The smallest absolute Gasteiger partial charge is 0.190 e. The lowest BCUT2D eigenvalue weighted by atomic mass is 10.1. The number of nitrogens with zero attached hydrogens (tertiary/aromatic N) is 1. The summed E-state index contributed by atoms with van der Waals surface area (Å²) in [6.07, 6.45) is 2.72. The molecule has 0 radical (unpaired) electrons. The molecule has 154 valence electrons. The summed E-state index contributed by atoms with van der Waals surface area (Å²) in [7, 11) is 3.45. The van der Waals surface area contributed by atoms with Gasteiger partial charge in [0.1, 0.15) is 17.3 Å². The predicted molar refractivity (Wildman–Crippen MR) is 123 cm³/mol. The standard InChI is InChI=1S/C21H28FN3O2.HI/c1-23-21(25-15-13-17-7-3-4-8-20(17)26-2)24-14-5-6-16-27-19-11-9-18(22)10-12-19;/h3-4,7-12H,5-6,13-16H2,1-2H3,(H2,23,24,25);1H. The van der Waals surface area contributed by atoms with Gasteiger partial charge in [-0.05, 0) is 55.2 Å². The largest absolute Gasteiger partial charge is 0.496 e. The molecule has 0 heterocycles. The van der Waals surface area contributed by atoms with E-state index in [9.17, 15) is 4.39 Å². The third kappa shape index (κ3) is 8.77. The summed E-state index contributed by atoms with van der Waals surface area (Å²) in [5.74, 6) is 2.13. The number of rotatable bonds is 10. The Kier molecular flexibility index (Phi) is 12.0. The van der Waals surface area contributed by atoms with E-state index in [0.717, 1.165) is 44.1 Å². The average Bonchev–Trinajstić information content (AvgIpc) is 2.70. The summed E-state index contributed by atoms with van der Waals surface area (Å²) in [4.78, 5) is 4.23. The first kappa shape index (κ1) is 24.0. The Balaban J connectivity index is 0.00000392. The number of halogens is 2. The Morgan fingerprint density at radius 2 is 1.71 bits per heavy atom. The van der Waals surface area contributed by atoms with E-state index < -0.39 is 0 Å². The van der Waals surface area contributed by atoms with Crippen LogP contribution in [0.1, 0.15) is 18.4 Å². The lowest BCUT2D eigenvalue weighted by molar-refractivity contribution is 0.306. The van der Waals surface area contributed by atoms with Crippen LogP contribution in [0.15, 0.2) is 53.5 Å². The summed E-state index contributed by atoms with van der Waals surface area (Å²) in [6.45, 7) is 2.18. The number of ether oxygens (including phenoxy) is 2. The summed E-state index contributed by atoms with van der Waals surface area (Å²) < 4.78 is 23.8.